The van der Waals surface area contributed by atoms with E-state index < -0.39 is 0 Å². The van der Waals surface area contributed by atoms with E-state index in [0.29, 0.717) is 0 Å². The van der Waals surface area contributed by atoms with Gasteiger partial charge in [-0.25, -0.2) is 9.37 Å². The summed E-state index contributed by atoms with van der Waals surface area (Å²) in [6.45, 7) is 2.67. The first-order valence-electron chi connectivity index (χ1n) is 5.51. The van der Waals surface area contributed by atoms with E-state index in [1.165, 1.54) is 12.1 Å². The van der Waals surface area contributed by atoms with Crippen LogP contribution in [0, 0.1) is 12.7 Å². The molecule has 0 radical (unpaired) electrons. The summed E-state index contributed by atoms with van der Waals surface area (Å²) in [6, 6.07) is 6.53. The lowest BCUT2D eigenvalue weighted by Crippen LogP contribution is -2.08. The second-order valence-electron chi connectivity index (χ2n) is 3.79. The molecule has 3 nitrogen and oxygen atoms in total. The maximum atomic E-state index is 12.7. The Morgan fingerprint density at radius 3 is 2.53 bits per heavy atom. The molecule has 0 saturated carbocycles. The van der Waals surface area contributed by atoms with Gasteiger partial charge in [0.2, 0.25) is 0 Å². The van der Waals surface area contributed by atoms with Gasteiger partial charge in [-0.15, -0.1) is 0 Å². The standard InChI is InChI=1S/C13H14FN3/c1-10-13(17-9-8-15-10)16-7-6-11-2-4-12(14)5-3-11/h2-5,8-9H,6-7H2,1H3,(H,16,17). The largest absolute Gasteiger partial charge is 0.368 e. The van der Waals surface area contributed by atoms with Crippen LogP contribution in [0.1, 0.15) is 11.3 Å². The van der Waals surface area contributed by atoms with Gasteiger partial charge in [-0.1, -0.05) is 12.1 Å². The first kappa shape index (κ1) is 11.5. The third-order valence-corrected chi connectivity index (χ3v) is 2.50. The summed E-state index contributed by atoms with van der Waals surface area (Å²) in [5.74, 6) is 0.598. The average molecular weight is 231 g/mol. The van der Waals surface area contributed by atoms with Crippen LogP contribution >= 0.6 is 0 Å². The molecule has 0 fully saturated rings. The molecule has 88 valence electrons. The smallest absolute Gasteiger partial charge is 0.147 e. The highest BCUT2D eigenvalue weighted by Crippen LogP contribution is 2.07. The number of nitrogens with one attached hydrogen (secondary N) is 1. The zero-order valence-electron chi connectivity index (χ0n) is 9.65. The number of aryl methyl sites for hydroxylation is 1. The van der Waals surface area contributed by atoms with Gasteiger partial charge in [-0.05, 0) is 31.0 Å². The van der Waals surface area contributed by atoms with Crippen LogP contribution < -0.4 is 5.32 Å². The van der Waals surface area contributed by atoms with E-state index in [2.05, 4.69) is 15.3 Å². The van der Waals surface area contributed by atoms with E-state index in [1.54, 1.807) is 24.5 Å². The van der Waals surface area contributed by atoms with Crippen LogP contribution in [0.15, 0.2) is 36.7 Å². The number of aromatic nitrogens is 2. The molecule has 0 saturated heterocycles. The molecule has 4 heteroatoms. The van der Waals surface area contributed by atoms with E-state index >= 15 is 0 Å². The van der Waals surface area contributed by atoms with Crippen LogP contribution in [-0.2, 0) is 6.42 Å². The predicted octanol–water partition coefficient (Wildman–Crippen LogP) is 2.58. The highest BCUT2D eigenvalue weighted by molar-refractivity contribution is 5.38. The fraction of sp³-hybridized carbons (Fsp3) is 0.231. The third-order valence-electron chi connectivity index (χ3n) is 2.50. The first-order chi connectivity index (χ1) is 8.25. The minimum atomic E-state index is -0.202. The van der Waals surface area contributed by atoms with Crippen LogP contribution in [0.5, 0.6) is 0 Å². The Bertz CT molecular complexity index is 482. The van der Waals surface area contributed by atoms with Gasteiger partial charge in [0.1, 0.15) is 11.6 Å². The minimum Gasteiger partial charge on any atom is -0.368 e. The highest BCUT2D eigenvalue weighted by Gasteiger charge is 1.99. The highest BCUT2D eigenvalue weighted by atomic mass is 19.1. The summed E-state index contributed by atoms with van der Waals surface area (Å²) in [7, 11) is 0. The Hall–Kier alpha value is -1.97. The molecule has 17 heavy (non-hydrogen) atoms. The summed E-state index contributed by atoms with van der Waals surface area (Å²) in [5.41, 5.74) is 1.98. The molecule has 0 atom stereocenters. The minimum absolute atomic E-state index is 0.202. The Morgan fingerprint density at radius 1 is 1.12 bits per heavy atom. The van der Waals surface area contributed by atoms with Gasteiger partial charge < -0.3 is 5.32 Å². The Morgan fingerprint density at radius 2 is 1.82 bits per heavy atom. The molecule has 0 bridgehead atoms. The number of hydrogen-bond donors (Lipinski definition) is 1. The Labute approximate surface area is 99.7 Å². The van der Waals surface area contributed by atoms with Crippen molar-refractivity contribution in [2.75, 3.05) is 11.9 Å². The summed E-state index contributed by atoms with van der Waals surface area (Å²) < 4.78 is 12.7. The normalized spacial score (nSPS) is 10.2. The van der Waals surface area contributed by atoms with Gasteiger partial charge in [0, 0.05) is 18.9 Å². The monoisotopic (exact) mass is 231 g/mol. The maximum Gasteiger partial charge on any atom is 0.147 e. The molecule has 0 amide bonds. The molecule has 0 spiro atoms. The summed E-state index contributed by atoms with van der Waals surface area (Å²) >= 11 is 0. The van der Waals surface area contributed by atoms with Crippen LogP contribution in [0.3, 0.4) is 0 Å². The fourth-order valence-corrected chi connectivity index (χ4v) is 1.56. The van der Waals surface area contributed by atoms with Crippen molar-refractivity contribution in [3.63, 3.8) is 0 Å². The Kier molecular flexibility index (Phi) is 3.65. The third kappa shape index (κ3) is 3.24. The zero-order chi connectivity index (χ0) is 12.1. The van der Waals surface area contributed by atoms with Gasteiger partial charge in [0.05, 0.1) is 5.69 Å². The fourth-order valence-electron chi connectivity index (χ4n) is 1.56. The second kappa shape index (κ2) is 5.39. The number of hydrogen-bond acceptors (Lipinski definition) is 3. The average Bonchev–Trinajstić information content (AvgIpc) is 2.34. The molecule has 1 aromatic carbocycles. The SMILES string of the molecule is Cc1nccnc1NCCc1ccc(F)cc1. The molecule has 1 heterocycles. The molecule has 0 aliphatic rings. The number of rotatable bonds is 4. The topological polar surface area (TPSA) is 37.8 Å². The molecule has 0 unspecified atom stereocenters. The van der Waals surface area contributed by atoms with Crippen molar-refractivity contribution >= 4 is 5.82 Å². The van der Waals surface area contributed by atoms with Crippen LogP contribution in [0.25, 0.3) is 0 Å². The maximum absolute atomic E-state index is 12.7. The van der Waals surface area contributed by atoms with Crippen LogP contribution in [-0.4, -0.2) is 16.5 Å². The van der Waals surface area contributed by atoms with Crippen LogP contribution in [0.2, 0.25) is 0 Å². The number of benzene rings is 1. The first-order valence-corrected chi connectivity index (χ1v) is 5.51. The van der Waals surface area contributed by atoms with Crippen molar-refractivity contribution in [3.05, 3.63) is 53.7 Å². The number of anilines is 1. The van der Waals surface area contributed by atoms with E-state index in [9.17, 15) is 4.39 Å². The molecule has 0 aliphatic carbocycles. The van der Waals surface area contributed by atoms with Crippen molar-refractivity contribution < 1.29 is 4.39 Å². The van der Waals surface area contributed by atoms with Crippen molar-refractivity contribution in [2.24, 2.45) is 0 Å². The summed E-state index contributed by atoms with van der Waals surface area (Å²) in [4.78, 5) is 8.33. The van der Waals surface area contributed by atoms with Crippen molar-refractivity contribution in [2.45, 2.75) is 13.3 Å². The van der Waals surface area contributed by atoms with Gasteiger partial charge in [-0.2, -0.15) is 0 Å². The number of halogens is 1. The van der Waals surface area contributed by atoms with Crippen molar-refractivity contribution in [3.8, 4) is 0 Å². The van der Waals surface area contributed by atoms with Gasteiger partial charge in [0.25, 0.3) is 0 Å². The molecule has 0 aliphatic heterocycles. The molecule has 1 aromatic heterocycles. The van der Waals surface area contributed by atoms with Crippen molar-refractivity contribution in [1.82, 2.24) is 9.97 Å². The molecule has 1 N–H and O–H groups in total. The summed E-state index contributed by atoms with van der Waals surface area (Å²) in [6.07, 6.45) is 4.16. The lowest BCUT2D eigenvalue weighted by molar-refractivity contribution is 0.627. The van der Waals surface area contributed by atoms with E-state index in [1.807, 2.05) is 6.92 Å². The lowest BCUT2D eigenvalue weighted by atomic mass is 10.1. The zero-order valence-corrected chi connectivity index (χ0v) is 9.65. The lowest BCUT2D eigenvalue weighted by Gasteiger charge is -2.07. The molecule has 2 rings (SSSR count). The van der Waals surface area contributed by atoms with E-state index in [-0.39, 0.29) is 5.82 Å². The molecular weight excluding hydrogens is 217 g/mol. The van der Waals surface area contributed by atoms with Crippen molar-refractivity contribution in [1.29, 1.82) is 0 Å². The molecule has 2 aromatic rings. The molecular formula is C13H14FN3. The van der Waals surface area contributed by atoms with Gasteiger partial charge in [-0.3, -0.25) is 4.98 Å². The Balaban J connectivity index is 1.88. The number of nitrogens with zero attached hydrogens (tertiary/aromatic N) is 2. The quantitative estimate of drug-likeness (QED) is 0.878. The second-order valence-corrected chi connectivity index (χ2v) is 3.79. The summed E-state index contributed by atoms with van der Waals surface area (Å²) in [5, 5.41) is 3.21. The van der Waals surface area contributed by atoms with Crippen LogP contribution in [0.4, 0.5) is 10.2 Å². The van der Waals surface area contributed by atoms with Gasteiger partial charge in [0.15, 0.2) is 0 Å². The van der Waals surface area contributed by atoms with E-state index in [0.717, 1.165) is 30.0 Å². The van der Waals surface area contributed by atoms with Gasteiger partial charge >= 0.3 is 0 Å². The predicted molar refractivity (Wildman–Crippen MR) is 65.4 cm³/mol. The van der Waals surface area contributed by atoms with E-state index in [4.69, 9.17) is 0 Å².